The number of aryl methyl sites for hydroxylation is 1. The Balaban J connectivity index is 3.06. The minimum absolute atomic E-state index is 0.291. The third-order valence-electron chi connectivity index (χ3n) is 2.16. The van der Waals surface area contributed by atoms with Crippen molar-refractivity contribution in [1.29, 1.82) is 0 Å². The van der Waals surface area contributed by atoms with Gasteiger partial charge >= 0.3 is 0 Å². The Labute approximate surface area is 95.2 Å². The number of rotatable bonds is 3. The lowest BCUT2D eigenvalue weighted by Crippen LogP contribution is -2.36. The fourth-order valence-corrected chi connectivity index (χ4v) is 1.95. The average molecular weight is 280 g/mol. The van der Waals surface area contributed by atoms with E-state index in [2.05, 4.69) is 15.9 Å². The Morgan fingerprint density at radius 2 is 2.13 bits per heavy atom. The maximum absolute atomic E-state index is 13.1. The highest BCUT2D eigenvalue weighted by Gasteiger charge is 2.38. The van der Waals surface area contributed by atoms with Crippen molar-refractivity contribution in [1.82, 2.24) is 0 Å². The zero-order valence-corrected chi connectivity index (χ0v) is 9.76. The topological polar surface area (TPSA) is 46.2 Å². The van der Waals surface area contributed by atoms with Crippen LogP contribution in [0.1, 0.15) is 17.2 Å². The molecule has 1 aromatic carbocycles. The van der Waals surface area contributed by atoms with E-state index >= 15 is 0 Å². The predicted molar refractivity (Wildman–Crippen MR) is 57.8 cm³/mol. The van der Waals surface area contributed by atoms with Gasteiger partial charge in [0.15, 0.2) is 0 Å². The molecule has 84 valence electrons. The summed E-state index contributed by atoms with van der Waals surface area (Å²) in [6.45, 7) is 0.596. The Hall–Kier alpha value is -0.520. The summed E-state index contributed by atoms with van der Waals surface area (Å²) in [5.41, 5.74) is 6.63. The van der Waals surface area contributed by atoms with Gasteiger partial charge in [0.2, 0.25) is 0 Å². The largest absolute Gasteiger partial charge is 0.390 e. The molecule has 0 unspecified atom stereocenters. The second-order valence-corrected chi connectivity index (χ2v) is 4.28. The third kappa shape index (κ3) is 2.74. The van der Waals surface area contributed by atoms with Crippen LogP contribution in [0.5, 0.6) is 0 Å². The Morgan fingerprint density at radius 1 is 1.53 bits per heavy atom. The van der Waals surface area contributed by atoms with E-state index in [0.29, 0.717) is 10.0 Å². The van der Waals surface area contributed by atoms with Gasteiger partial charge in [-0.1, -0.05) is 28.1 Å². The van der Waals surface area contributed by atoms with E-state index in [-0.39, 0.29) is 0 Å². The van der Waals surface area contributed by atoms with Crippen molar-refractivity contribution in [3.8, 4) is 0 Å². The van der Waals surface area contributed by atoms with Gasteiger partial charge in [-0.15, -0.1) is 0 Å². The highest BCUT2D eigenvalue weighted by molar-refractivity contribution is 9.10. The normalized spacial score (nSPS) is 14.0. The van der Waals surface area contributed by atoms with Crippen molar-refractivity contribution >= 4 is 15.9 Å². The molecule has 0 spiro atoms. The fraction of sp³-hybridized carbons (Fsp3) is 0.400. The lowest BCUT2D eigenvalue weighted by atomic mass is 10.0. The smallest absolute Gasteiger partial charge is 0.289 e. The number of nitrogens with two attached hydrogens (primary N) is 1. The molecular weight excluding hydrogens is 268 g/mol. The molecule has 1 atom stereocenters. The molecule has 0 aliphatic rings. The first kappa shape index (κ1) is 12.5. The van der Waals surface area contributed by atoms with E-state index in [4.69, 9.17) is 10.8 Å². The molecule has 1 rings (SSSR count). The van der Waals surface area contributed by atoms with Gasteiger partial charge in [-0.25, -0.2) is 8.78 Å². The molecule has 3 N–H and O–H groups in total. The van der Waals surface area contributed by atoms with Crippen molar-refractivity contribution in [2.75, 3.05) is 6.61 Å². The summed E-state index contributed by atoms with van der Waals surface area (Å²) < 4.78 is 26.8. The zero-order valence-electron chi connectivity index (χ0n) is 8.17. The molecule has 0 amide bonds. The van der Waals surface area contributed by atoms with E-state index in [1.807, 2.05) is 6.92 Å². The number of halogens is 3. The number of benzene rings is 1. The van der Waals surface area contributed by atoms with Gasteiger partial charge in [-0.3, -0.25) is 0 Å². The van der Waals surface area contributed by atoms with Crippen molar-refractivity contribution in [2.45, 2.75) is 18.9 Å². The average Bonchev–Trinajstić information content (AvgIpc) is 2.17. The fourth-order valence-electron chi connectivity index (χ4n) is 1.21. The minimum Gasteiger partial charge on any atom is -0.390 e. The van der Waals surface area contributed by atoms with Gasteiger partial charge in [0.05, 0.1) is 6.04 Å². The van der Waals surface area contributed by atoms with Crippen LogP contribution in [0.3, 0.4) is 0 Å². The molecule has 0 radical (unpaired) electrons. The van der Waals surface area contributed by atoms with Gasteiger partial charge in [0.1, 0.15) is 6.61 Å². The Morgan fingerprint density at radius 3 is 2.60 bits per heavy atom. The molecule has 0 aliphatic carbocycles. The Bertz CT molecular complexity index is 357. The predicted octanol–water partition coefficient (Wildman–Crippen LogP) is 2.38. The van der Waals surface area contributed by atoms with Crippen LogP contribution in [0.2, 0.25) is 0 Å². The Kier molecular flexibility index (Phi) is 3.81. The first-order valence-electron chi connectivity index (χ1n) is 4.39. The molecule has 0 saturated heterocycles. The lowest BCUT2D eigenvalue weighted by Gasteiger charge is -2.22. The molecule has 0 heterocycles. The van der Waals surface area contributed by atoms with E-state index in [0.717, 1.165) is 5.56 Å². The summed E-state index contributed by atoms with van der Waals surface area (Å²) in [5.74, 6) is -3.31. The lowest BCUT2D eigenvalue weighted by molar-refractivity contribution is -0.0713. The van der Waals surface area contributed by atoms with Crippen molar-refractivity contribution in [3.63, 3.8) is 0 Å². The second-order valence-electron chi connectivity index (χ2n) is 3.42. The van der Waals surface area contributed by atoms with E-state index < -0.39 is 18.6 Å². The number of alkyl halides is 2. The first-order valence-corrected chi connectivity index (χ1v) is 5.18. The van der Waals surface area contributed by atoms with Gasteiger partial charge < -0.3 is 10.8 Å². The summed E-state index contributed by atoms with van der Waals surface area (Å²) in [6, 6.07) is 3.45. The molecule has 2 nitrogen and oxygen atoms in total. The minimum atomic E-state index is -3.31. The molecule has 0 aromatic heterocycles. The SMILES string of the molecule is Cc1ccc([C@H](N)C(F)(F)CO)c(Br)c1. The van der Waals surface area contributed by atoms with Crippen LogP contribution < -0.4 is 5.73 Å². The maximum Gasteiger partial charge on any atom is 0.289 e. The number of hydrogen-bond donors (Lipinski definition) is 2. The van der Waals surface area contributed by atoms with Gasteiger partial charge in [0.25, 0.3) is 5.92 Å². The second kappa shape index (κ2) is 4.55. The summed E-state index contributed by atoms with van der Waals surface area (Å²) in [5, 5.41) is 8.53. The molecule has 5 heteroatoms. The van der Waals surface area contributed by atoms with Crippen LogP contribution in [0.4, 0.5) is 8.78 Å². The number of hydrogen-bond acceptors (Lipinski definition) is 2. The van der Waals surface area contributed by atoms with Gasteiger partial charge in [-0.2, -0.15) is 0 Å². The highest BCUT2D eigenvalue weighted by Crippen LogP contribution is 2.33. The standard InChI is InChI=1S/C10H12BrF2NO/c1-6-2-3-7(8(11)4-6)9(14)10(12,13)5-15/h2-4,9,15H,5,14H2,1H3/t9-/m0/s1. The van der Waals surface area contributed by atoms with Gasteiger partial charge in [0, 0.05) is 4.47 Å². The summed E-state index contributed by atoms with van der Waals surface area (Å²) >= 11 is 3.17. The molecule has 0 fully saturated rings. The van der Waals surface area contributed by atoms with E-state index in [1.165, 1.54) is 6.07 Å². The van der Waals surface area contributed by atoms with E-state index in [1.54, 1.807) is 12.1 Å². The highest BCUT2D eigenvalue weighted by atomic mass is 79.9. The van der Waals surface area contributed by atoms with Crippen LogP contribution in [-0.4, -0.2) is 17.6 Å². The quantitative estimate of drug-likeness (QED) is 0.893. The molecule has 1 aromatic rings. The first-order chi connectivity index (χ1) is 6.88. The maximum atomic E-state index is 13.1. The molecular formula is C10H12BrF2NO. The molecule has 0 saturated carbocycles. The van der Waals surface area contributed by atoms with E-state index in [9.17, 15) is 8.78 Å². The summed E-state index contributed by atoms with van der Waals surface area (Å²) in [4.78, 5) is 0. The van der Waals surface area contributed by atoms with Crippen molar-refractivity contribution in [3.05, 3.63) is 33.8 Å². The van der Waals surface area contributed by atoms with Crippen molar-refractivity contribution < 1.29 is 13.9 Å². The molecule has 0 aliphatic heterocycles. The zero-order chi connectivity index (χ0) is 11.6. The molecule has 0 bridgehead atoms. The third-order valence-corrected chi connectivity index (χ3v) is 2.84. The molecule has 15 heavy (non-hydrogen) atoms. The van der Waals surface area contributed by atoms with Crippen LogP contribution in [0.15, 0.2) is 22.7 Å². The summed E-state index contributed by atoms with van der Waals surface area (Å²) in [6.07, 6.45) is 0. The monoisotopic (exact) mass is 279 g/mol. The van der Waals surface area contributed by atoms with Crippen LogP contribution in [-0.2, 0) is 0 Å². The number of aliphatic hydroxyl groups excluding tert-OH is 1. The van der Waals surface area contributed by atoms with Crippen LogP contribution >= 0.6 is 15.9 Å². The van der Waals surface area contributed by atoms with Crippen molar-refractivity contribution in [2.24, 2.45) is 5.73 Å². The van der Waals surface area contributed by atoms with Crippen LogP contribution in [0, 0.1) is 6.92 Å². The summed E-state index contributed by atoms with van der Waals surface area (Å²) in [7, 11) is 0. The van der Waals surface area contributed by atoms with Crippen LogP contribution in [0.25, 0.3) is 0 Å². The number of aliphatic hydroxyl groups is 1. The van der Waals surface area contributed by atoms with Gasteiger partial charge in [-0.05, 0) is 24.1 Å².